The third-order valence-electron chi connectivity index (χ3n) is 8.80. The van der Waals surface area contributed by atoms with Crippen molar-refractivity contribution in [3.63, 3.8) is 0 Å². The van der Waals surface area contributed by atoms with E-state index in [1.54, 1.807) is 16.7 Å². The van der Waals surface area contributed by atoms with E-state index in [1.165, 1.54) is 6.42 Å². The number of rotatable bonds is 7. The Kier molecular flexibility index (Phi) is 6.87. The minimum Gasteiger partial charge on any atom is -0.394 e. The van der Waals surface area contributed by atoms with Gasteiger partial charge in [0.15, 0.2) is 0 Å². The molecule has 35 heavy (non-hydrogen) atoms. The number of carbonyl (C=O) groups excluding carboxylic acids is 3. The zero-order valence-electron chi connectivity index (χ0n) is 20.6. The van der Waals surface area contributed by atoms with Crippen molar-refractivity contribution in [2.24, 2.45) is 17.8 Å². The number of hydrogen-bond donors (Lipinski definition) is 3. The van der Waals surface area contributed by atoms with E-state index in [9.17, 15) is 19.5 Å². The second-order valence-electron chi connectivity index (χ2n) is 10.7. The Bertz CT molecular complexity index is 964. The van der Waals surface area contributed by atoms with E-state index < -0.39 is 28.7 Å². The predicted molar refractivity (Wildman–Crippen MR) is 137 cm³/mol. The second kappa shape index (κ2) is 9.77. The molecule has 1 spiro atoms. The summed E-state index contributed by atoms with van der Waals surface area (Å²) in [6.45, 7) is 3.87. The van der Waals surface area contributed by atoms with E-state index in [0.29, 0.717) is 12.1 Å². The van der Waals surface area contributed by atoms with Gasteiger partial charge in [0.2, 0.25) is 17.7 Å². The lowest BCUT2D eigenvalue weighted by molar-refractivity contribution is -0.142. The number of fused-ring (bicyclic) bond motifs is 1. The molecule has 7 nitrogen and oxygen atoms in total. The topological polar surface area (TPSA) is 98.7 Å². The summed E-state index contributed by atoms with van der Waals surface area (Å²) in [5.74, 6) is -1.34. The van der Waals surface area contributed by atoms with Crippen molar-refractivity contribution in [3.05, 3.63) is 30.3 Å². The summed E-state index contributed by atoms with van der Waals surface area (Å²) in [6, 6.07) is 8.36. The van der Waals surface area contributed by atoms with Gasteiger partial charge in [-0.1, -0.05) is 51.3 Å². The van der Waals surface area contributed by atoms with Gasteiger partial charge >= 0.3 is 0 Å². The molecule has 7 atom stereocenters. The highest BCUT2D eigenvalue weighted by Crippen LogP contribution is 2.68. The van der Waals surface area contributed by atoms with Gasteiger partial charge in [-0.05, 0) is 43.7 Å². The van der Waals surface area contributed by atoms with Crippen LogP contribution in [0.5, 0.6) is 0 Å². The fourth-order valence-electron chi connectivity index (χ4n) is 7.14. The minimum absolute atomic E-state index is 0.00370. The monoisotopic (exact) mass is 499 g/mol. The van der Waals surface area contributed by atoms with Crippen LogP contribution in [0.25, 0.3) is 0 Å². The third-order valence-corrected chi connectivity index (χ3v) is 10.9. The molecule has 0 radical (unpaired) electrons. The van der Waals surface area contributed by atoms with Crippen LogP contribution < -0.4 is 10.6 Å². The number of likely N-dealkylation sites (tertiary alicyclic amines) is 1. The molecule has 3 saturated heterocycles. The zero-order chi connectivity index (χ0) is 24.7. The average molecular weight is 500 g/mol. The van der Waals surface area contributed by atoms with E-state index in [1.807, 2.05) is 37.3 Å². The van der Waals surface area contributed by atoms with Crippen LogP contribution in [0, 0.1) is 17.8 Å². The first-order valence-electron chi connectivity index (χ1n) is 13.2. The molecule has 3 amide bonds. The summed E-state index contributed by atoms with van der Waals surface area (Å²) in [4.78, 5) is 43.3. The van der Waals surface area contributed by atoms with Gasteiger partial charge in [0.25, 0.3) is 0 Å². The zero-order valence-corrected chi connectivity index (χ0v) is 21.4. The van der Waals surface area contributed by atoms with Crippen LogP contribution in [0.1, 0.15) is 58.8 Å². The van der Waals surface area contributed by atoms with Gasteiger partial charge in [-0.3, -0.25) is 14.4 Å². The highest BCUT2D eigenvalue weighted by atomic mass is 32.2. The fourth-order valence-corrected chi connectivity index (χ4v) is 9.55. The van der Waals surface area contributed by atoms with Crippen molar-refractivity contribution in [1.82, 2.24) is 10.2 Å². The molecule has 1 aromatic rings. The molecule has 4 fully saturated rings. The molecule has 0 aromatic heterocycles. The summed E-state index contributed by atoms with van der Waals surface area (Å²) in [7, 11) is 0. The SMILES string of the molecule is CC[C@@H](CO)N1C(=O)[C@@H]2[C@@H](C(=O)Nc3ccccc3)[C@H]3CC(C)C2(S3)C1C(=O)NC1CCCCC1. The number of anilines is 1. The summed E-state index contributed by atoms with van der Waals surface area (Å²) in [5.41, 5.74) is 0.711. The first-order chi connectivity index (χ1) is 16.9. The summed E-state index contributed by atoms with van der Waals surface area (Å²) >= 11 is 1.68. The molecule has 8 heteroatoms. The number of amides is 3. The van der Waals surface area contributed by atoms with Gasteiger partial charge in [0.1, 0.15) is 6.04 Å². The van der Waals surface area contributed by atoms with Crippen molar-refractivity contribution in [2.75, 3.05) is 11.9 Å². The number of carbonyl (C=O) groups is 3. The van der Waals surface area contributed by atoms with E-state index in [2.05, 4.69) is 17.6 Å². The quantitative estimate of drug-likeness (QED) is 0.535. The summed E-state index contributed by atoms with van der Waals surface area (Å²) < 4.78 is -0.651. The molecular formula is C27H37N3O4S. The van der Waals surface area contributed by atoms with Crippen LogP contribution >= 0.6 is 11.8 Å². The lowest BCUT2D eigenvalue weighted by Gasteiger charge is -2.40. The lowest BCUT2D eigenvalue weighted by Crippen LogP contribution is -2.59. The van der Waals surface area contributed by atoms with Gasteiger partial charge in [0.05, 0.1) is 29.2 Å². The first kappa shape index (κ1) is 24.6. The van der Waals surface area contributed by atoms with Gasteiger partial charge < -0.3 is 20.6 Å². The largest absolute Gasteiger partial charge is 0.394 e. The van der Waals surface area contributed by atoms with Crippen LogP contribution in [-0.2, 0) is 14.4 Å². The standard InChI is InChI=1S/C27H37N3O4S/c1-3-19(15-31)30-23(25(33)29-18-12-8-5-9-13-18)27-16(2)14-20(35-27)21(22(27)26(30)34)24(32)28-17-10-6-4-7-11-17/h4,6-7,10-11,16,18-23,31H,3,5,8-9,12-15H2,1-2H3,(H,28,32)(H,29,33)/t16?,19-,20+,21-,22-,23?,27?/m0/s1. The number of nitrogens with one attached hydrogen (secondary N) is 2. The van der Waals surface area contributed by atoms with E-state index in [0.717, 1.165) is 32.1 Å². The summed E-state index contributed by atoms with van der Waals surface area (Å²) in [6.07, 6.45) is 6.70. The molecule has 2 bridgehead atoms. The number of nitrogens with zero attached hydrogens (tertiary/aromatic N) is 1. The maximum atomic E-state index is 14.1. The van der Waals surface area contributed by atoms with E-state index in [4.69, 9.17) is 0 Å². The predicted octanol–water partition coefficient (Wildman–Crippen LogP) is 3.18. The Balaban J connectivity index is 1.49. The number of aliphatic hydroxyl groups is 1. The van der Waals surface area contributed by atoms with Gasteiger partial charge in [0, 0.05) is 17.0 Å². The molecule has 5 rings (SSSR count). The number of thioether (sulfide) groups is 1. The first-order valence-corrected chi connectivity index (χ1v) is 14.1. The average Bonchev–Trinajstić information content (AvgIpc) is 3.45. The number of hydrogen-bond acceptors (Lipinski definition) is 5. The molecule has 1 aromatic carbocycles. The Morgan fingerprint density at radius 1 is 1.17 bits per heavy atom. The molecule has 3 heterocycles. The van der Waals surface area contributed by atoms with Crippen LogP contribution in [0.4, 0.5) is 5.69 Å². The maximum Gasteiger partial charge on any atom is 0.244 e. The van der Waals surface area contributed by atoms with Crippen molar-refractivity contribution in [2.45, 2.75) is 86.9 Å². The maximum absolute atomic E-state index is 14.1. The normalized spacial score (nSPS) is 35.1. The molecule has 3 N–H and O–H groups in total. The van der Waals surface area contributed by atoms with Crippen LogP contribution in [0.15, 0.2) is 30.3 Å². The fraction of sp³-hybridized carbons (Fsp3) is 0.667. The Hall–Kier alpha value is -2.06. The number of benzene rings is 1. The van der Waals surface area contributed by atoms with Crippen LogP contribution in [-0.4, -0.2) is 62.5 Å². The molecule has 190 valence electrons. The highest BCUT2D eigenvalue weighted by Gasteiger charge is 2.76. The Labute approximate surface area is 211 Å². The number of para-hydroxylation sites is 1. The minimum atomic E-state index is -0.668. The van der Waals surface area contributed by atoms with Crippen molar-refractivity contribution in [1.29, 1.82) is 0 Å². The smallest absolute Gasteiger partial charge is 0.244 e. The van der Waals surface area contributed by atoms with Crippen molar-refractivity contribution < 1.29 is 19.5 Å². The summed E-state index contributed by atoms with van der Waals surface area (Å²) in [5, 5.41) is 16.5. The number of aliphatic hydroxyl groups excluding tert-OH is 1. The molecule has 1 saturated carbocycles. The Morgan fingerprint density at radius 3 is 2.54 bits per heavy atom. The molecule has 3 aliphatic heterocycles. The molecule has 3 unspecified atom stereocenters. The lowest BCUT2D eigenvalue weighted by atomic mass is 9.65. The van der Waals surface area contributed by atoms with Gasteiger partial charge in [-0.25, -0.2) is 0 Å². The van der Waals surface area contributed by atoms with Crippen LogP contribution in [0.2, 0.25) is 0 Å². The second-order valence-corrected chi connectivity index (χ2v) is 12.3. The molecular weight excluding hydrogens is 462 g/mol. The Morgan fingerprint density at radius 2 is 1.89 bits per heavy atom. The molecule has 1 aliphatic carbocycles. The van der Waals surface area contributed by atoms with Crippen molar-refractivity contribution >= 4 is 35.2 Å². The van der Waals surface area contributed by atoms with Crippen molar-refractivity contribution in [3.8, 4) is 0 Å². The van der Waals surface area contributed by atoms with Gasteiger partial charge in [-0.2, -0.15) is 0 Å². The van der Waals surface area contributed by atoms with Crippen LogP contribution in [0.3, 0.4) is 0 Å². The van der Waals surface area contributed by atoms with Gasteiger partial charge in [-0.15, -0.1) is 11.8 Å². The molecule has 4 aliphatic rings. The third kappa shape index (κ3) is 3.97. The highest BCUT2D eigenvalue weighted by molar-refractivity contribution is 8.02. The van der Waals surface area contributed by atoms with E-state index >= 15 is 0 Å². The van der Waals surface area contributed by atoms with E-state index in [-0.39, 0.29) is 41.5 Å².